The van der Waals surface area contributed by atoms with Crippen LogP contribution in [0.15, 0.2) is 18.2 Å². The summed E-state index contributed by atoms with van der Waals surface area (Å²) >= 11 is 6.26. The fourth-order valence-electron chi connectivity index (χ4n) is 3.06. The Hall–Kier alpha value is -1.42. The number of carbonyl (C=O) groups excluding carboxylic acids is 1. The lowest BCUT2D eigenvalue weighted by Gasteiger charge is -2.38. The second-order valence-corrected chi connectivity index (χ2v) is 5.34. The number of nitrogens with two attached hydrogens (primary N) is 1. The van der Waals surface area contributed by atoms with E-state index in [9.17, 15) is 4.79 Å². The zero-order chi connectivity index (χ0) is 12.7. The Bertz CT molecular complexity index is 471. The van der Waals surface area contributed by atoms with Crippen LogP contribution in [0.1, 0.15) is 12.8 Å². The molecule has 4 nitrogen and oxygen atoms in total. The average molecular weight is 266 g/mol. The minimum Gasteiger partial charge on any atom is -0.397 e. The van der Waals surface area contributed by atoms with Gasteiger partial charge in [0.25, 0.3) is 0 Å². The van der Waals surface area contributed by atoms with E-state index < -0.39 is 0 Å². The molecule has 1 aromatic carbocycles. The molecule has 3 rings (SSSR count). The number of anilines is 2. The van der Waals surface area contributed by atoms with Crippen molar-refractivity contribution in [3.8, 4) is 0 Å². The van der Waals surface area contributed by atoms with Crippen LogP contribution in [0.5, 0.6) is 0 Å². The van der Waals surface area contributed by atoms with E-state index in [0.717, 1.165) is 25.1 Å². The molecule has 0 spiro atoms. The largest absolute Gasteiger partial charge is 0.397 e. The molecule has 0 aromatic heterocycles. The van der Waals surface area contributed by atoms with Gasteiger partial charge >= 0.3 is 0 Å². The van der Waals surface area contributed by atoms with Gasteiger partial charge in [-0.05, 0) is 25.0 Å². The zero-order valence-corrected chi connectivity index (χ0v) is 10.8. The van der Waals surface area contributed by atoms with E-state index >= 15 is 0 Å². The first-order valence-electron chi connectivity index (χ1n) is 6.27. The predicted octanol–water partition coefficient (Wildman–Crippen LogP) is 1.64. The molecule has 1 aromatic rings. The summed E-state index contributed by atoms with van der Waals surface area (Å²) in [6.45, 7) is 1.60. The number of nitrogen functional groups attached to an aromatic ring is 1. The summed E-state index contributed by atoms with van der Waals surface area (Å²) in [5.41, 5.74) is 7.60. The number of piperidine rings is 1. The summed E-state index contributed by atoms with van der Waals surface area (Å²) < 4.78 is 0. The number of para-hydroxylation sites is 1. The molecule has 0 aliphatic carbocycles. The lowest BCUT2D eigenvalue weighted by Crippen LogP contribution is -2.46. The van der Waals surface area contributed by atoms with E-state index in [1.54, 1.807) is 0 Å². The van der Waals surface area contributed by atoms with Gasteiger partial charge in [-0.25, -0.2) is 0 Å². The van der Waals surface area contributed by atoms with Crippen LogP contribution < -0.4 is 16.0 Å². The molecule has 2 aliphatic rings. The average Bonchev–Trinajstić information content (AvgIpc) is 2.72. The Kier molecular flexibility index (Phi) is 2.82. The van der Waals surface area contributed by atoms with Crippen LogP contribution in [-0.2, 0) is 4.79 Å². The molecule has 2 unspecified atom stereocenters. The van der Waals surface area contributed by atoms with Crippen molar-refractivity contribution in [2.45, 2.75) is 18.9 Å². The number of fused-ring (bicyclic) bond motifs is 1. The molecular formula is C13H16ClN3O. The van der Waals surface area contributed by atoms with Gasteiger partial charge in [-0.1, -0.05) is 17.7 Å². The van der Waals surface area contributed by atoms with E-state index in [-0.39, 0.29) is 17.9 Å². The Morgan fingerprint density at radius 1 is 1.44 bits per heavy atom. The number of benzene rings is 1. The number of rotatable bonds is 1. The number of nitrogens with one attached hydrogen (secondary N) is 1. The lowest BCUT2D eigenvalue weighted by molar-refractivity contribution is -0.122. The third kappa shape index (κ3) is 1.72. The lowest BCUT2D eigenvalue weighted by atomic mass is 9.91. The van der Waals surface area contributed by atoms with Gasteiger partial charge in [0.1, 0.15) is 0 Å². The molecule has 2 saturated heterocycles. The maximum atomic E-state index is 11.8. The van der Waals surface area contributed by atoms with Crippen molar-refractivity contribution in [1.82, 2.24) is 5.32 Å². The molecule has 2 fully saturated rings. The van der Waals surface area contributed by atoms with Crippen LogP contribution in [0.25, 0.3) is 0 Å². The van der Waals surface area contributed by atoms with Gasteiger partial charge in [0.15, 0.2) is 0 Å². The number of nitrogens with zero attached hydrogens (tertiary/aromatic N) is 1. The van der Waals surface area contributed by atoms with Gasteiger partial charge in [0.2, 0.25) is 5.91 Å². The second-order valence-electron chi connectivity index (χ2n) is 4.93. The van der Waals surface area contributed by atoms with Crippen molar-refractivity contribution in [3.05, 3.63) is 23.2 Å². The third-order valence-electron chi connectivity index (χ3n) is 3.91. The molecular weight excluding hydrogens is 250 g/mol. The summed E-state index contributed by atoms with van der Waals surface area (Å²) in [7, 11) is 0. The van der Waals surface area contributed by atoms with Gasteiger partial charge in [-0.3, -0.25) is 4.79 Å². The molecule has 0 saturated carbocycles. The van der Waals surface area contributed by atoms with Crippen molar-refractivity contribution < 1.29 is 4.79 Å². The second kappa shape index (κ2) is 4.35. The molecule has 1 amide bonds. The molecule has 0 radical (unpaired) electrons. The van der Waals surface area contributed by atoms with Crippen molar-refractivity contribution in [3.63, 3.8) is 0 Å². The summed E-state index contributed by atoms with van der Waals surface area (Å²) in [5.74, 6) is 0.241. The van der Waals surface area contributed by atoms with Gasteiger partial charge in [0, 0.05) is 13.1 Å². The van der Waals surface area contributed by atoms with E-state index in [2.05, 4.69) is 10.2 Å². The van der Waals surface area contributed by atoms with E-state index in [1.165, 1.54) is 0 Å². The highest BCUT2D eigenvalue weighted by molar-refractivity contribution is 6.34. The summed E-state index contributed by atoms with van der Waals surface area (Å²) in [6.07, 6.45) is 1.95. The monoisotopic (exact) mass is 265 g/mol. The number of amides is 1. The maximum absolute atomic E-state index is 11.8. The summed E-state index contributed by atoms with van der Waals surface area (Å²) in [5, 5.41) is 3.60. The first kappa shape index (κ1) is 11.7. The van der Waals surface area contributed by atoms with Crippen molar-refractivity contribution in [1.29, 1.82) is 0 Å². The Balaban J connectivity index is 1.98. The fraction of sp³-hybridized carbons (Fsp3) is 0.462. The molecule has 96 valence electrons. The first-order chi connectivity index (χ1) is 8.68. The Morgan fingerprint density at radius 3 is 3.06 bits per heavy atom. The molecule has 3 N–H and O–H groups in total. The van der Waals surface area contributed by atoms with Crippen LogP contribution in [-0.4, -0.2) is 25.0 Å². The number of halogens is 1. The topological polar surface area (TPSA) is 58.4 Å². The number of carbonyl (C=O) groups is 1. The van der Waals surface area contributed by atoms with Crippen LogP contribution in [0.2, 0.25) is 5.02 Å². The van der Waals surface area contributed by atoms with E-state index in [4.69, 9.17) is 17.3 Å². The van der Waals surface area contributed by atoms with Crippen LogP contribution in [0, 0.1) is 5.92 Å². The highest BCUT2D eigenvalue weighted by Crippen LogP contribution is 2.38. The standard InChI is InChI=1S/C13H16ClN3O/c14-9-4-1-5-10(15)12(9)17-6-2-3-8-11(17)7-16-13(8)18/h1,4-5,8,11H,2-3,6-7,15H2,(H,16,18). The van der Waals surface area contributed by atoms with Crippen LogP contribution >= 0.6 is 11.6 Å². The summed E-state index contributed by atoms with van der Waals surface area (Å²) in [4.78, 5) is 14.0. The van der Waals surface area contributed by atoms with Gasteiger partial charge in [-0.15, -0.1) is 0 Å². The minimum absolute atomic E-state index is 0.0782. The molecule has 2 aliphatic heterocycles. The zero-order valence-electron chi connectivity index (χ0n) is 10.0. The smallest absolute Gasteiger partial charge is 0.225 e. The highest BCUT2D eigenvalue weighted by atomic mass is 35.5. The number of hydrogen-bond donors (Lipinski definition) is 2. The third-order valence-corrected chi connectivity index (χ3v) is 4.21. The Labute approximate surface area is 111 Å². The van der Waals surface area contributed by atoms with Gasteiger partial charge in [0.05, 0.1) is 28.4 Å². The van der Waals surface area contributed by atoms with Crippen LogP contribution in [0.4, 0.5) is 11.4 Å². The maximum Gasteiger partial charge on any atom is 0.225 e. The predicted molar refractivity (Wildman–Crippen MR) is 72.7 cm³/mol. The SMILES string of the molecule is Nc1cccc(Cl)c1N1CCCC2C(=O)NCC21. The molecule has 2 atom stereocenters. The normalized spacial score (nSPS) is 26.9. The van der Waals surface area contributed by atoms with Crippen molar-refractivity contribution >= 4 is 28.9 Å². The fourth-order valence-corrected chi connectivity index (χ4v) is 3.35. The van der Waals surface area contributed by atoms with Crippen LogP contribution in [0.3, 0.4) is 0 Å². The minimum atomic E-state index is 0.0782. The molecule has 5 heteroatoms. The Morgan fingerprint density at radius 2 is 2.28 bits per heavy atom. The summed E-state index contributed by atoms with van der Waals surface area (Å²) in [6, 6.07) is 5.74. The van der Waals surface area contributed by atoms with Crippen molar-refractivity contribution in [2.75, 3.05) is 23.7 Å². The molecule has 2 heterocycles. The van der Waals surface area contributed by atoms with Gasteiger partial charge in [-0.2, -0.15) is 0 Å². The first-order valence-corrected chi connectivity index (χ1v) is 6.64. The van der Waals surface area contributed by atoms with Crippen molar-refractivity contribution in [2.24, 2.45) is 5.92 Å². The van der Waals surface area contributed by atoms with E-state index in [0.29, 0.717) is 17.3 Å². The highest BCUT2D eigenvalue weighted by Gasteiger charge is 2.41. The number of hydrogen-bond acceptors (Lipinski definition) is 3. The molecule has 18 heavy (non-hydrogen) atoms. The quantitative estimate of drug-likeness (QED) is 0.759. The molecule has 0 bridgehead atoms. The van der Waals surface area contributed by atoms with Gasteiger partial charge < -0.3 is 16.0 Å². The van der Waals surface area contributed by atoms with E-state index in [1.807, 2.05) is 18.2 Å².